The molecule has 8 heteroatoms. The summed E-state index contributed by atoms with van der Waals surface area (Å²) in [7, 11) is 0. The van der Waals surface area contributed by atoms with Gasteiger partial charge in [0.1, 0.15) is 35.7 Å². The van der Waals surface area contributed by atoms with Crippen molar-refractivity contribution in [1.29, 1.82) is 0 Å². The van der Waals surface area contributed by atoms with E-state index >= 15 is 0 Å². The summed E-state index contributed by atoms with van der Waals surface area (Å²) in [5.41, 5.74) is 0.662. The molecule has 2 aromatic rings. The molecule has 126 valence electrons. The highest BCUT2D eigenvalue weighted by Crippen LogP contribution is 2.20. The predicted octanol–water partition coefficient (Wildman–Crippen LogP) is -1.28. The minimum Gasteiger partial charge on any atom is -0.506 e. The lowest BCUT2D eigenvalue weighted by atomic mass is 10.00. The number of benzene rings is 1. The second kappa shape index (κ2) is 7.64. The molecule has 1 fully saturated rings. The molecular weight excluding hydrogens is 306 g/mol. The molecule has 6 N–H and O–H groups in total. The van der Waals surface area contributed by atoms with Crippen LogP contribution in [0.1, 0.15) is 0 Å². The Morgan fingerprint density at radius 2 is 1.65 bits per heavy atom. The fourth-order valence-electron chi connectivity index (χ4n) is 2.17. The molecule has 0 radical (unpaired) electrons. The van der Waals surface area contributed by atoms with Crippen molar-refractivity contribution in [2.75, 3.05) is 6.61 Å². The lowest BCUT2D eigenvalue weighted by Gasteiger charge is -2.37. The quantitative estimate of drug-likeness (QED) is 0.380. The second-order valence-corrected chi connectivity index (χ2v) is 5.07. The summed E-state index contributed by atoms with van der Waals surface area (Å²) in [5, 5.41) is 54.9. The van der Waals surface area contributed by atoms with E-state index in [9.17, 15) is 5.11 Å². The summed E-state index contributed by atoms with van der Waals surface area (Å²) in [6, 6.07) is 9.13. The Balaban J connectivity index is 0.000000167. The smallest absolute Gasteiger partial charge is 0.184 e. The zero-order valence-corrected chi connectivity index (χ0v) is 12.1. The Bertz CT molecular complexity index is 628. The van der Waals surface area contributed by atoms with Crippen molar-refractivity contribution in [3.8, 4) is 5.75 Å². The number of phenolic OH excluding ortho intramolecular Hbond substituents is 1. The van der Waals surface area contributed by atoms with E-state index in [0.717, 1.165) is 5.39 Å². The number of aromatic nitrogens is 1. The second-order valence-electron chi connectivity index (χ2n) is 5.07. The first-order chi connectivity index (χ1) is 11.0. The highest BCUT2D eigenvalue weighted by molar-refractivity contribution is 5.83. The molecule has 1 saturated heterocycles. The number of para-hydroxylation sites is 1. The minimum absolute atomic E-state index is 0.239. The maximum atomic E-state index is 9.31. The molecule has 8 nitrogen and oxygen atoms in total. The van der Waals surface area contributed by atoms with Crippen molar-refractivity contribution in [2.24, 2.45) is 0 Å². The van der Waals surface area contributed by atoms with Crippen LogP contribution in [0.2, 0.25) is 0 Å². The number of ether oxygens (including phenoxy) is 1. The summed E-state index contributed by atoms with van der Waals surface area (Å²) >= 11 is 0. The van der Waals surface area contributed by atoms with Gasteiger partial charge in [0.05, 0.1) is 6.61 Å². The predicted molar refractivity (Wildman–Crippen MR) is 79.4 cm³/mol. The molecule has 23 heavy (non-hydrogen) atoms. The van der Waals surface area contributed by atoms with Gasteiger partial charge in [0.2, 0.25) is 0 Å². The number of nitrogens with zero attached hydrogens (tertiary/aromatic N) is 1. The van der Waals surface area contributed by atoms with Gasteiger partial charge in [-0.2, -0.15) is 0 Å². The fourth-order valence-corrected chi connectivity index (χ4v) is 2.17. The molecule has 1 aliphatic rings. The topological polar surface area (TPSA) is 144 Å². The summed E-state index contributed by atoms with van der Waals surface area (Å²) < 4.78 is 4.58. The van der Waals surface area contributed by atoms with Crippen LogP contribution in [0.25, 0.3) is 10.9 Å². The number of hydrogen-bond acceptors (Lipinski definition) is 8. The van der Waals surface area contributed by atoms with E-state index < -0.39 is 37.3 Å². The third-order valence-electron chi connectivity index (χ3n) is 3.48. The number of fused-ring (bicyclic) bond motifs is 1. The first-order valence-corrected chi connectivity index (χ1v) is 6.97. The van der Waals surface area contributed by atoms with E-state index in [1.165, 1.54) is 0 Å². The van der Waals surface area contributed by atoms with Crippen LogP contribution in [0.4, 0.5) is 0 Å². The highest BCUT2D eigenvalue weighted by atomic mass is 16.6. The first kappa shape index (κ1) is 17.5. The highest BCUT2D eigenvalue weighted by Gasteiger charge is 2.42. The summed E-state index contributed by atoms with van der Waals surface area (Å²) in [4.78, 5) is 4.03. The molecule has 0 amide bonds. The van der Waals surface area contributed by atoms with E-state index in [0.29, 0.717) is 5.52 Å². The monoisotopic (exact) mass is 325 g/mol. The maximum Gasteiger partial charge on any atom is 0.184 e. The summed E-state index contributed by atoms with van der Waals surface area (Å²) in [6.45, 7) is -0.526. The zero-order valence-electron chi connectivity index (χ0n) is 12.1. The molecular formula is C15H19NO7. The lowest BCUT2D eigenvalue weighted by molar-refractivity contribution is -0.286. The molecule has 1 aromatic heterocycles. The number of pyridine rings is 1. The third-order valence-corrected chi connectivity index (χ3v) is 3.48. The van der Waals surface area contributed by atoms with E-state index in [1.54, 1.807) is 18.3 Å². The maximum absolute atomic E-state index is 9.31. The fraction of sp³-hybridized carbons (Fsp3) is 0.400. The van der Waals surface area contributed by atoms with Crippen LogP contribution in [0, 0.1) is 0 Å². The van der Waals surface area contributed by atoms with Gasteiger partial charge in [0.15, 0.2) is 6.29 Å². The minimum atomic E-state index is -1.57. The molecule has 3 rings (SSSR count). The zero-order chi connectivity index (χ0) is 17.0. The Morgan fingerprint density at radius 3 is 2.30 bits per heavy atom. The molecule has 0 unspecified atom stereocenters. The largest absolute Gasteiger partial charge is 0.506 e. The normalized spacial score (nSPS) is 30.6. The van der Waals surface area contributed by atoms with Gasteiger partial charge in [0, 0.05) is 11.6 Å². The molecule has 0 saturated carbocycles. The van der Waals surface area contributed by atoms with Crippen LogP contribution < -0.4 is 0 Å². The molecule has 0 aliphatic carbocycles. The van der Waals surface area contributed by atoms with Crippen LogP contribution in [-0.2, 0) is 4.74 Å². The standard InChI is InChI=1S/C9H7NO.C6H12O6/c11-8-5-1-3-7-4-2-6-10-9(7)8;7-1-2-3(8)4(9)5(10)6(11)12-2/h1-6,11H;2-11H,1H2/t;2-,3+,4+,5-,6-/m.1/s1. The molecule has 5 atom stereocenters. The van der Waals surface area contributed by atoms with Gasteiger partial charge in [-0.05, 0) is 12.1 Å². The number of phenols is 1. The van der Waals surface area contributed by atoms with Crippen molar-refractivity contribution >= 4 is 10.9 Å². The van der Waals surface area contributed by atoms with E-state index in [1.807, 2.05) is 18.2 Å². The number of aliphatic hydroxyl groups is 5. The number of aromatic hydroxyl groups is 1. The summed E-state index contributed by atoms with van der Waals surface area (Å²) in [5.74, 6) is 0.239. The average molecular weight is 325 g/mol. The Kier molecular flexibility index (Phi) is 5.83. The van der Waals surface area contributed by atoms with Crippen LogP contribution >= 0.6 is 0 Å². The van der Waals surface area contributed by atoms with Gasteiger partial charge < -0.3 is 35.4 Å². The lowest BCUT2D eigenvalue weighted by Crippen LogP contribution is -2.58. The van der Waals surface area contributed by atoms with Crippen LogP contribution in [0.5, 0.6) is 5.75 Å². The van der Waals surface area contributed by atoms with Crippen LogP contribution in [-0.4, -0.2) is 72.9 Å². The number of aliphatic hydroxyl groups excluding tert-OH is 5. The number of hydrogen-bond donors (Lipinski definition) is 6. The SMILES string of the molecule is OC[C@H]1O[C@@H](O)[C@H](O)[C@@H](O)[C@H]1O.Oc1cccc2cccnc12. The van der Waals surface area contributed by atoms with Gasteiger partial charge in [-0.15, -0.1) is 0 Å². The van der Waals surface area contributed by atoms with Gasteiger partial charge >= 0.3 is 0 Å². The first-order valence-electron chi connectivity index (χ1n) is 6.97. The van der Waals surface area contributed by atoms with Gasteiger partial charge in [-0.25, -0.2) is 0 Å². The average Bonchev–Trinajstić information content (AvgIpc) is 2.57. The number of rotatable bonds is 1. The molecule has 1 aromatic carbocycles. The molecule has 0 spiro atoms. The third kappa shape index (κ3) is 3.94. The Hall–Kier alpha value is -1.81. The molecule has 1 aliphatic heterocycles. The van der Waals surface area contributed by atoms with Gasteiger partial charge in [0.25, 0.3) is 0 Å². The van der Waals surface area contributed by atoms with Crippen molar-refractivity contribution in [1.82, 2.24) is 4.98 Å². The van der Waals surface area contributed by atoms with Crippen LogP contribution in [0.15, 0.2) is 36.5 Å². The summed E-state index contributed by atoms with van der Waals surface area (Å²) in [6.07, 6.45) is -5.37. The van der Waals surface area contributed by atoms with E-state index in [-0.39, 0.29) is 5.75 Å². The van der Waals surface area contributed by atoms with Crippen molar-refractivity contribution in [3.63, 3.8) is 0 Å². The van der Waals surface area contributed by atoms with Gasteiger partial charge in [-0.1, -0.05) is 18.2 Å². The van der Waals surface area contributed by atoms with E-state index in [2.05, 4.69) is 9.72 Å². The Labute approximate surface area is 131 Å². The van der Waals surface area contributed by atoms with Crippen molar-refractivity contribution in [3.05, 3.63) is 36.5 Å². The molecule has 0 bridgehead atoms. The van der Waals surface area contributed by atoms with Crippen LogP contribution in [0.3, 0.4) is 0 Å². The van der Waals surface area contributed by atoms with Gasteiger partial charge in [-0.3, -0.25) is 4.98 Å². The van der Waals surface area contributed by atoms with Crippen molar-refractivity contribution < 1.29 is 35.4 Å². The molecule has 2 heterocycles. The van der Waals surface area contributed by atoms with E-state index in [4.69, 9.17) is 25.5 Å². The Morgan fingerprint density at radius 1 is 0.957 bits per heavy atom. The van der Waals surface area contributed by atoms with Crippen molar-refractivity contribution in [2.45, 2.75) is 30.7 Å².